The van der Waals surface area contributed by atoms with Crippen LogP contribution in [0.25, 0.3) is 39.6 Å². The highest BCUT2D eigenvalue weighted by Crippen LogP contribution is 2.30. The fourth-order valence-corrected chi connectivity index (χ4v) is 3.39. The van der Waals surface area contributed by atoms with Gasteiger partial charge in [-0.05, 0) is 54.1 Å². The van der Waals surface area contributed by atoms with E-state index in [2.05, 4.69) is 15.0 Å². The van der Waals surface area contributed by atoms with Gasteiger partial charge >= 0.3 is 0 Å². The number of hydrogen-bond acceptors (Lipinski definition) is 6. The Labute approximate surface area is 176 Å². The lowest BCUT2D eigenvalue weighted by molar-refractivity contribution is 0.282. The normalized spacial score (nSPS) is 11.2. The number of anilines is 1. The van der Waals surface area contributed by atoms with Gasteiger partial charge < -0.3 is 10.8 Å². The molecule has 5 aromatic rings. The van der Waals surface area contributed by atoms with Crippen LogP contribution in [-0.2, 0) is 6.61 Å². The Balaban J connectivity index is 1.77. The van der Waals surface area contributed by atoms with Crippen molar-refractivity contribution in [1.82, 2.24) is 24.5 Å². The SMILES string of the molecule is Nc1ncccc1-c1nc2ncc(-c3ccc(F)cc3)nc2n1-c1ccc(CO)cc1. The molecule has 0 aliphatic rings. The number of imidazole rings is 1. The third kappa shape index (κ3) is 3.38. The molecular formula is C23H17FN6O. The van der Waals surface area contributed by atoms with Gasteiger partial charge in [0.2, 0.25) is 0 Å². The number of nitrogens with two attached hydrogens (primary N) is 1. The molecular weight excluding hydrogens is 395 g/mol. The first-order valence-electron chi connectivity index (χ1n) is 9.56. The van der Waals surface area contributed by atoms with Gasteiger partial charge in [0.25, 0.3) is 0 Å². The summed E-state index contributed by atoms with van der Waals surface area (Å²) in [5, 5.41) is 9.39. The molecule has 0 aliphatic heterocycles. The van der Waals surface area contributed by atoms with Crippen LogP contribution in [0.3, 0.4) is 0 Å². The molecule has 3 N–H and O–H groups in total. The molecule has 0 saturated carbocycles. The van der Waals surface area contributed by atoms with Crippen LogP contribution in [-0.4, -0.2) is 29.6 Å². The zero-order valence-corrected chi connectivity index (χ0v) is 16.3. The Hall–Kier alpha value is -4.17. The number of fused-ring (bicyclic) bond motifs is 1. The Morgan fingerprint density at radius 3 is 2.42 bits per heavy atom. The summed E-state index contributed by atoms with van der Waals surface area (Å²) in [6, 6.07) is 17.1. The molecule has 0 bridgehead atoms. The molecule has 3 aromatic heterocycles. The smallest absolute Gasteiger partial charge is 0.198 e. The van der Waals surface area contributed by atoms with E-state index in [4.69, 9.17) is 10.7 Å². The highest BCUT2D eigenvalue weighted by molar-refractivity contribution is 5.81. The highest BCUT2D eigenvalue weighted by atomic mass is 19.1. The van der Waals surface area contributed by atoms with E-state index >= 15 is 0 Å². The van der Waals surface area contributed by atoms with E-state index in [9.17, 15) is 9.50 Å². The second-order valence-electron chi connectivity index (χ2n) is 6.94. The van der Waals surface area contributed by atoms with Crippen LogP contribution in [0.5, 0.6) is 0 Å². The Kier molecular flexibility index (Phi) is 4.61. The summed E-state index contributed by atoms with van der Waals surface area (Å²) in [5.41, 5.74) is 10.6. The van der Waals surface area contributed by atoms with Gasteiger partial charge in [0.1, 0.15) is 11.6 Å². The molecule has 0 spiro atoms. The third-order valence-electron chi connectivity index (χ3n) is 4.97. The van der Waals surface area contributed by atoms with Crippen molar-refractivity contribution in [2.24, 2.45) is 0 Å². The van der Waals surface area contributed by atoms with Crippen LogP contribution in [0.1, 0.15) is 5.56 Å². The van der Waals surface area contributed by atoms with Crippen LogP contribution < -0.4 is 5.73 Å². The second kappa shape index (κ2) is 7.58. The lowest BCUT2D eigenvalue weighted by atomic mass is 10.1. The first kappa shape index (κ1) is 18.8. The molecule has 0 saturated heterocycles. The van der Waals surface area contributed by atoms with Crippen LogP contribution in [0.4, 0.5) is 10.2 Å². The van der Waals surface area contributed by atoms with Gasteiger partial charge in [-0.3, -0.25) is 4.57 Å². The number of nitrogens with zero attached hydrogens (tertiary/aromatic N) is 5. The van der Waals surface area contributed by atoms with E-state index < -0.39 is 0 Å². The monoisotopic (exact) mass is 412 g/mol. The summed E-state index contributed by atoms with van der Waals surface area (Å²) in [4.78, 5) is 18.1. The molecule has 0 fully saturated rings. The second-order valence-corrected chi connectivity index (χ2v) is 6.94. The van der Waals surface area contributed by atoms with Gasteiger partial charge in [-0.1, -0.05) is 12.1 Å². The van der Waals surface area contributed by atoms with E-state index in [0.29, 0.717) is 34.2 Å². The van der Waals surface area contributed by atoms with Crippen molar-refractivity contribution in [3.8, 4) is 28.3 Å². The molecule has 152 valence electrons. The van der Waals surface area contributed by atoms with Gasteiger partial charge in [-0.25, -0.2) is 24.3 Å². The van der Waals surface area contributed by atoms with Crippen molar-refractivity contribution in [2.45, 2.75) is 6.61 Å². The Morgan fingerprint density at radius 1 is 0.935 bits per heavy atom. The number of rotatable bonds is 4. The predicted molar refractivity (Wildman–Crippen MR) is 116 cm³/mol. The highest BCUT2D eigenvalue weighted by Gasteiger charge is 2.19. The minimum Gasteiger partial charge on any atom is -0.392 e. The van der Waals surface area contributed by atoms with E-state index in [1.807, 2.05) is 34.9 Å². The van der Waals surface area contributed by atoms with Crippen molar-refractivity contribution < 1.29 is 9.50 Å². The standard InChI is InChI=1S/C23H17FN6O/c24-16-7-5-15(6-8-16)19-12-27-21-23(28-19)30(17-9-3-14(13-31)4-10-17)22(29-21)18-2-1-11-26-20(18)25/h1-12,31H,13H2,(H2,25,26). The molecule has 2 aromatic carbocycles. The van der Waals surface area contributed by atoms with Crippen molar-refractivity contribution in [3.63, 3.8) is 0 Å². The Morgan fingerprint density at radius 2 is 1.71 bits per heavy atom. The first-order valence-corrected chi connectivity index (χ1v) is 9.56. The molecule has 3 heterocycles. The van der Waals surface area contributed by atoms with Gasteiger partial charge in [0.15, 0.2) is 17.1 Å². The lowest BCUT2D eigenvalue weighted by Crippen LogP contribution is -2.02. The minimum absolute atomic E-state index is 0.0537. The predicted octanol–water partition coefficient (Wildman–Crippen LogP) is 3.76. The van der Waals surface area contributed by atoms with Crippen LogP contribution in [0.15, 0.2) is 73.1 Å². The number of benzene rings is 2. The van der Waals surface area contributed by atoms with Gasteiger partial charge in [-0.15, -0.1) is 0 Å². The fraction of sp³-hybridized carbons (Fsp3) is 0.0435. The molecule has 7 nitrogen and oxygen atoms in total. The zero-order chi connectivity index (χ0) is 21.4. The van der Waals surface area contributed by atoms with Crippen molar-refractivity contribution >= 4 is 17.1 Å². The fourth-order valence-electron chi connectivity index (χ4n) is 3.39. The maximum Gasteiger partial charge on any atom is 0.198 e. The molecule has 0 aliphatic carbocycles. The summed E-state index contributed by atoms with van der Waals surface area (Å²) in [6.45, 7) is -0.0537. The van der Waals surface area contributed by atoms with E-state index in [1.165, 1.54) is 12.1 Å². The quantitative estimate of drug-likeness (QED) is 0.466. The number of hydrogen-bond donors (Lipinski definition) is 2. The van der Waals surface area contributed by atoms with Crippen LogP contribution in [0, 0.1) is 5.82 Å². The molecule has 5 rings (SSSR count). The minimum atomic E-state index is -0.318. The van der Waals surface area contributed by atoms with Crippen molar-refractivity contribution in [1.29, 1.82) is 0 Å². The maximum atomic E-state index is 13.3. The van der Waals surface area contributed by atoms with Gasteiger partial charge in [0, 0.05) is 17.4 Å². The number of aliphatic hydroxyl groups excluding tert-OH is 1. The Bertz CT molecular complexity index is 1380. The molecule has 0 unspecified atom stereocenters. The van der Waals surface area contributed by atoms with Crippen molar-refractivity contribution in [2.75, 3.05) is 5.73 Å². The third-order valence-corrected chi connectivity index (χ3v) is 4.97. The molecule has 31 heavy (non-hydrogen) atoms. The van der Waals surface area contributed by atoms with Gasteiger partial charge in [-0.2, -0.15) is 0 Å². The summed E-state index contributed by atoms with van der Waals surface area (Å²) in [5.74, 6) is 0.569. The number of aromatic nitrogens is 5. The molecule has 0 amide bonds. The molecule has 0 atom stereocenters. The summed E-state index contributed by atoms with van der Waals surface area (Å²) in [6.07, 6.45) is 3.23. The van der Waals surface area contributed by atoms with Crippen LogP contribution in [0.2, 0.25) is 0 Å². The largest absolute Gasteiger partial charge is 0.392 e. The van der Waals surface area contributed by atoms with Crippen molar-refractivity contribution in [3.05, 3.63) is 84.4 Å². The molecule has 0 radical (unpaired) electrons. The zero-order valence-electron chi connectivity index (χ0n) is 16.3. The summed E-state index contributed by atoms with van der Waals surface area (Å²) in [7, 11) is 0. The number of halogens is 1. The summed E-state index contributed by atoms with van der Waals surface area (Å²) < 4.78 is 15.2. The number of nitrogen functional groups attached to an aromatic ring is 1. The van der Waals surface area contributed by atoms with E-state index in [0.717, 1.165) is 16.8 Å². The van der Waals surface area contributed by atoms with E-state index in [-0.39, 0.29) is 12.4 Å². The number of aliphatic hydroxyl groups is 1. The maximum absolute atomic E-state index is 13.3. The first-order chi connectivity index (χ1) is 15.1. The molecule has 8 heteroatoms. The summed E-state index contributed by atoms with van der Waals surface area (Å²) >= 11 is 0. The van der Waals surface area contributed by atoms with Gasteiger partial charge in [0.05, 0.1) is 24.1 Å². The lowest BCUT2D eigenvalue weighted by Gasteiger charge is -2.11. The number of pyridine rings is 1. The average molecular weight is 412 g/mol. The topological polar surface area (TPSA) is 103 Å². The van der Waals surface area contributed by atoms with Crippen LogP contribution >= 0.6 is 0 Å². The van der Waals surface area contributed by atoms with E-state index in [1.54, 1.807) is 30.6 Å². The average Bonchev–Trinajstić information content (AvgIpc) is 3.18.